The van der Waals surface area contributed by atoms with Gasteiger partial charge in [0.1, 0.15) is 12.4 Å². The standard InChI is InChI=1S/C19H15F3O5/c1-25-16(23)9-11-6-7-15-14(8-11)17(27-18(24)19(20,21)22)13-5-3-2-4-12(13)10-26-15/h2-8,17H,9-10H2,1H3. The summed E-state index contributed by atoms with van der Waals surface area (Å²) in [4.78, 5) is 23.0. The molecule has 0 spiro atoms. The maximum absolute atomic E-state index is 12.8. The minimum Gasteiger partial charge on any atom is -0.488 e. The third kappa shape index (κ3) is 4.05. The van der Waals surface area contributed by atoms with Crippen LogP contribution in [0.5, 0.6) is 5.75 Å². The molecule has 0 N–H and O–H groups in total. The van der Waals surface area contributed by atoms with Crippen LogP contribution < -0.4 is 4.74 Å². The fraction of sp³-hybridized carbons (Fsp3) is 0.263. The monoisotopic (exact) mass is 380 g/mol. The normalized spacial score (nSPS) is 15.6. The van der Waals surface area contributed by atoms with Crippen molar-refractivity contribution in [2.45, 2.75) is 25.3 Å². The molecule has 0 saturated heterocycles. The Bertz CT molecular complexity index is 876. The van der Waals surface area contributed by atoms with Gasteiger partial charge in [0.05, 0.1) is 13.5 Å². The highest BCUT2D eigenvalue weighted by atomic mass is 19.4. The van der Waals surface area contributed by atoms with Gasteiger partial charge in [0.2, 0.25) is 0 Å². The van der Waals surface area contributed by atoms with Crippen LogP contribution in [0, 0.1) is 0 Å². The number of ether oxygens (including phenoxy) is 3. The van der Waals surface area contributed by atoms with Gasteiger partial charge >= 0.3 is 18.1 Å². The number of hydrogen-bond donors (Lipinski definition) is 0. The SMILES string of the molecule is COC(=O)Cc1ccc2c(c1)C(OC(=O)C(F)(F)F)c1ccccc1CO2. The van der Waals surface area contributed by atoms with Crippen molar-refractivity contribution in [2.75, 3.05) is 7.11 Å². The van der Waals surface area contributed by atoms with E-state index in [2.05, 4.69) is 4.74 Å². The van der Waals surface area contributed by atoms with Crippen molar-refractivity contribution < 1.29 is 37.0 Å². The van der Waals surface area contributed by atoms with Crippen LogP contribution in [0.1, 0.15) is 28.4 Å². The number of methoxy groups -OCH3 is 1. The fourth-order valence-electron chi connectivity index (χ4n) is 2.83. The van der Waals surface area contributed by atoms with Crippen LogP contribution in [0.25, 0.3) is 0 Å². The van der Waals surface area contributed by atoms with Crippen molar-refractivity contribution in [1.29, 1.82) is 0 Å². The molecular formula is C19H15F3O5. The molecule has 142 valence electrons. The van der Waals surface area contributed by atoms with Gasteiger partial charge in [-0.3, -0.25) is 4.79 Å². The third-order valence-corrected chi connectivity index (χ3v) is 4.11. The quantitative estimate of drug-likeness (QED) is 0.763. The average molecular weight is 380 g/mol. The first-order valence-electron chi connectivity index (χ1n) is 7.97. The summed E-state index contributed by atoms with van der Waals surface area (Å²) in [5.41, 5.74) is 1.72. The van der Waals surface area contributed by atoms with Crippen molar-refractivity contribution >= 4 is 11.9 Å². The lowest BCUT2D eigenvalue weighted by Gasteiger charge is -2.21. The summed E-state index contributed by atoms with van der Waals surface area (Å²) < 4.78 is 53.5. The van der Waals surface area contributed by atoms with Crippen LogP contribution in [-0.4, -0.2) is 25.2 Å². The highest BCUT2D eigenvalue weighted by Crippen LogP contribution is 2.40. The van der Waals surface area contributed by atoms with Gasteiger partial charge in [0, 0.05) is 11.1 Å². The molecule has 0 aromatic heterocycles. The fourth-order valence-corrected chi connectivity index (χ4v) is 2.83. The Morgan fingerprint density at radius 1 is 1.15 bits per heavy atom. The molecule has 2 aromatic rings. The number of esters is 2. The van der Waals surface area contributed by atoms with E-state index >= 15 is 0 Å². The van der Waals surface area contributed by atoms with E-state index in [-0.39, 0.29) is 24.3 Å². The van der Waals surface area contributed by atoms with Crippen molar-refractivity contribution in [3.63, 3.8) is 0 Å². The van der Waals surface area contributed by atoms with E-state index in [0.717, 1.165) is 0 Å². The Kier molecular flexibility index (Phi) is 5.07. The molecule has 1 aliphatic heterocycles. The van der Waals surface area contributed by atoms with Crippen molar-refractivity contribution in [3.8, 4) is 5.75 Å². The number of alkyl halides is 3. The average Bonchev–Trinajstić information content (AvgIpc) is 2.78. The summed E-state index contributed by atoms with van der Waals surface area (Å²) in [5.74, 6) is -2.53. The maximum atomic E-state index is 12.8. The minimum atomic E-state index is -5.13. The molecule has 0 fully saturated rings. The molecule has 5 nitrogen and oxygen atoms in total. The molecule has 1 atom stereocenters. The molecule has 8 heteroatoms. The van der Waals surface area contributed by atoms with E-state index in [4.69, 9.17) is 9.47 Å². The van der Waals surface area contributed by atoms with Crippen LogP contribution in [-0.2, 0) is 32.1 Å². The Morgan fingerprint density at radius 2 is 1.89 bits per heavy atom. The van der Waals surface area contributed by atoms with E-state index in [1.54, 1.807) is 30.3 Å². The Balaban J connectivity index is 2.07. The molecule has 0 amide bonds. The zero-order chi connectivity index (χ0) is 19.6. The molecule has 0 radical (unpaired) electrons. The Hall–Kier alpha value is -3.03. The van der Waals surface area contributed by atoms with Crippen LogP contribution in [0.4, 0.5) is 13.2 Å². The summed E-state index contributed by atoms with van der Waals surface area (Å²) in [6.07, 6.45) is -6.53. The van der Waals surface area contributed by atoms with Gasteiger partial charge in [-0.25, -0.2) is 4.79 Å². The van der Waals surface area contributed by atoms with Crippen molar-refractivity contribution in [2.24, 2.45) is 0 Å². The van der Waals surface area contributed by atoms with Crippen LogP contribution in [0.3, 0.4) is 0 Å². The molecule has 1 heterocycles. The molecule has 27 heavy (non-hydrogen) atoms. The molecule has 0 saturated carbocycles. The number of fused-ring (bicyclic) bond motifs is 2. The zero-order valence-corrected chi connectivity index (χ0v) is 14.2. The van der Waals surface area contributed by atoms with Crippen LogP contribution in [0.2, 0.25) is 0 Å². The Morgan fingerprint density at radius 3 is 2.59 bits per heavy atom. The van der Waals surface area contributed by atoms with E-state index < -0.39 is 24.2 Å². The van der Waals surface area contributed by atoms with Gasteiger partial charge in [-0.1, -0.05) is 30.3 Å². The first kappa shape index (κ1) is 18.8. The van der Waals surface area contributed by atoms with E-state index in [1.807, 2.05) is 0 Å². The largest absolute Gasteiger partial charge is 0.490 e. The zero-order valence-electron chi connectivity index (χ0n) is 14.2. The third-order valence-electron chi connectivity index (χ3n) is 4.11. The summed E-state index contributed by atoms with van der Waals surface area (Å²) in [6, 6.07) is 11.2. The van der Waals surface area contributed by atoms with E-state index in [9.17, 15) is 22.8 Å². The Labute approximate surface area is 152 Å². The van der Waals surface area contributed by atoms with E-state index in [1.165, 1.54) is 19.2 Å². The summed E-state index contributed by atoms with van der Waals surface area (Å²) >= 11 is 0. The second-order valence-electron chi connectivity index (χ2n) is 5.90. The maximum Gasteiger partial charge on any atom is 0.490 e. The number of carbonyl (C=O) groups excluding carboxylic acids is 2. The first-order valence-corrected chi connectivity index (χ1v) is 7.97. The number of carbonyl (C=O) groups is 2. The minimum absolute atomic E-state index is 0.0780. The van der Waals surface area contributed by atoms with Crippen LogP contribution in [0.15, 0.2) is 42.5 Å². The molecular weight excluding hydrogens is 365 g/mol. The highest BCUT2D eigenvalue weighted by molar-refractivity contribution is 5.76. The van der Waals surface area contributed by atoms with Gasteiger partial charge in [-0.2, -0.15) is 13.2 Å². The summed E-state index contributed by atoms with van der Waals surface area (Å²) in [7, 11) is 1.24. The number of rotatable bonds is 3. The topological polar surface area (TPSA) is 61.8 Å². The van der Waals surface area contributed by atoms with Gasteiger partial charge < -0.3 is 14.2 Å². The lowest BCUT2D eigenvalue weighted by atomic mass is 9.95. The number of hydrogen-bond acceptors (Lipinski definition) is 5. The predicted molar refractivity (Wildman–Crippen MR) is 86.9 cm³/mol. The first-order chi connectivity index (χ1) is 12.8. The van der Waals surface area contributed by atoms with Crippen LogP contribution >= 0.6 is 0 Å². The van der Waals surface area contributed by atoms with Gasteiger partial charge in [0.15, 0.2) is 6.10 Å². The molecule has 3 rings (SSSR count). The van der Waals surface area contributed by atoms with Gasteiger partial charge in [0.25, 0.3) is 0 Å². The van der Waals surface area contributed by atoms with Crippen molar-refractivity contribution in [3.05, 3.63) is 64.7 Å². The molecule has 0 aliphatic carbocycles. The van der Waals surface area contributed by atoms with Gasteiger partial charge in [-0.15, -0.1) is 0 Å². The highest BCUT2D eigenvalue weighted by Gasteiger charge is 2.43. The molecule has 1 aliphatic rings. The summed E-state index contributed by atoms with van der Waals surface area (Å²) in [5, 5.41) is 0. The second-order valence-corrected chi connectivity index (χ2v) is 5.90. The molecule has 1 unspecified atom stereocenters. The predicted octanol–water partition coefficient (Wildman–Crippen LogP) is 3.49. The summed E-state index contributed by atoms with van der Waals surface area (Å²) in [6.45, 7) is 0.111. The second kappa shape index (κ2) is 7.30. The van der Waals surface area contributed by atoms with E-state index in [0.29, 0.717) is 16.7 Å². The molecule has 2 aromatic carbocycles. The van der Waals surface area contributed by atoms with Crippen molar-refractivity contribution in [1.82, 2.24) is 0 Å². The lowest BCUT2D eigenvalue weighted by Crippen LogP contribution is -2.27. The van der Waals surface area contributed by atoms with Gasteiger partial charge in [-0.05, 0) is 23.3 Å². The number of halogens is 3. The lowest BCUT2D eigenvalue weighted by molar-refractivity contribution is -0.203. The molecule has 0 bridgehead atoms. The smallest absolute Gasteiger partial charge is 0.488 e. The number of benzene rings is 2.